The van der Waals surface area contributed by atoms with Crippen molar-refractivity contribution >= 4 is 23.1 Å². The van der Waals surface area contributed by atoms with Gasteiger partial charge in [-0.15, -0.1) is 0 Å². The summed E-state index contributed by atoms with van der Waals surface area (Å²) in [6.45, 7) is 3.81. The number of nitrogens with zero attached hydrogens (tertiary/aromatic N) is 2. The van der Waals surface area contributed by atoms with E-state index >= 15 is 0 Å². The van der Waals surface area contributed by atoms with Gasteiger partial charge in [-0.05, 0) is 68.4 Å². The molecule has 0 spiro atoms. The molecule has 1 N–H and O–H groups in total. The van der Waals surface area contributed by atoms with Gasteiger partial charge in [0.15, 0.2) is 11.5 Å². The van der Waals surface area contributed by atoms with Crippen LogP contribution in [0.3, 0.4) is 0 Å². The molecule has 1 atom stereocenters. The van der Waals surface area contributed by atoms with Crippen molar-refractivity contribution in [1.82, 2.24) is 0 Å². The summed E-state index contributed by atoms with van der Waals surface area (Å²) in [4.78, 5) is 28.1. The van der Waals surface area contributed by atoms with Gasteiger partial charge in [0.25, 0.3) is 11.7 Å². The third kappa shape index (κ3) is 4.71. The van der Waals surface area contributed by atoms with Gasteiger partial charge in [-0.2, -0.15) is 5.26 Å². The number of para-hydroxylation sites is 1. The molecule has 0 radical (unpaired) electrons. The Bertz CT molecular complexity index is 1400. The number of anilines is 1. The fourth-order valence-electron chi connectivity index (χ4n) is 4.34. The van der Waals surface area contributed by atoms with Gasteiger partial charge in [0.2, 0.25) is 0 Å². The highest BCUT2D eigenvalue weighted by molar-refractivity contribution is 6.51. The number of carbonyl (C=O) groups excluding carboxylic acids is 2. The molecule has 8 heteroatoms. The Labute approximate surface area is 214 Å². The van der Waals surface area contributed by atoms with Gasteiger partial charge in [0, 0.05) is 16.8 Å². The van der Waals surface area contributed by atoms with Crippen molar-refractivity contribution in [1.29, 1.82) is 5.26 Å². The van der Waals surface area contributed by atoms with Gasteiger partial charge in [-0.25, -0.2) is 0 Å². The highest BCUT2D eigenvalue weighted by Crippen LogP contribution is 2.47. The van der Waals surface area contributed by atoms with Crippen LogP contribution >= 0.6 is 0 Å². The average molecular weight is 499 g/mol. The van der Waals surface area contributed by atoms with Crippen LogP contribution in [0.4, 0.5) is 5.69 Å². The summed E-state index contributed by atoms with van der Waals surface area (Å²) in [5, 5.41) is 20.6. The Morgan fingerprint density at radius 2 is 1.65 bits per heavy atom. The Hall–Kier alpha value is -4.77. The van der Waals surface area contributed by atoms with E-state index in [1.807, 2.05) is 19.9 Å². The first-order chi connectivity index (χ1) is 17.8. The molecule has 1 unspecified atom stereocenters. The molecule has 0 bridgehead atoms. The van der Waals surface area contributed by atoms with Crippen molar-refractivity contribution in [3.8, 4) is 23.3 Å². The molecule has 8 nitrogen and oxygen atoms in total. The summed E-state index contributed by atoms with van der Waals surface area (Å²) in [6, 6.07) is 19.1. The smallest absolute Gasteiger partial charge is 0.300 e. The van der Waals surface area contributed by atoms with Crippen LogP contribution in [0.15, 0.2) is 72.3 Å². The first kappa shape index (κ1) is 25.3. The largest absolute Gasteiger partial charge is 0.507 e. The number of hydrogen-bond acceptors (Lipinski definition) is 7. The van der Waals surface area contributed by atoms with Crippen LogP contribution in [-0.4, -0.2) is 37.1 Å². The Kier molecular flexibility index (Phi) is 7.16. The van der Waals surface area contributed by atoms with Gasteiger partial charge >= 0.3 is 0 Å². The number of aliphatic hydroxyl groups is 1. The van der Waals surface area contributed by atoms with Gasteiger partial charge in [0.05, 0.1) is 43.6 Å². The van der Waals surface area contributed by atoms with E-state index in [-0.39, 0.29) is 17.4 Å². The zero-order valence-electron chi connectivity index (χ0n) is 20.9. The molecule has 1 heterocycles. The molecular formula is C29H26N2O6. The molecule has 3 aromatic rings. The molecule has 0 aliphatic carbocycles. The van der Waals surface area contributed by atoms with E-state index in [1.54, 1.807) is 66.7 Å². The average Bonchev–Trinajstić information content (AvgIpc) is 3.17. The van der Waals surface area contributed by atoms with Crippen LogP contribution in [-0.2, 0) is 9.59 Å². The van der Waals surface area contributed by atoms with E-state index in [1.165, 1.54) is 19.1 Å². The van der Waals surface area contributed by atoms with Crippen LogP contribution in [0.5, 0.6) is 17.2 Å². The van der Waals surface area contributed by atoms with Crippen molar-refractivity contribution in [2.45, 2.75) is 26.0 Å². The SMILES string of the molecule is COc1cccc(C2/C(=C(/O)c3ccc(OC(C)C)cc3)C(=O)C(=O)N2c2ccc(C#N)cc2)c1OC. The molecule has 1 amide bonds. The van der Waals surface area contributed by atoms with Crippen LogP contribution in [0, 0.1) is 11.3 Å². The zero-order chi connectivity index (χ0) is 26.7. The van der Waals surface area contributed by atoms with Crippen LogP contribution in [0.25, 0.3) is 5.76 Å². The summed E-state index contributed by atoms with van der Waals surface area (Å²) in [7, 11) is 2.95. The van der Waals surface area contributed by atoms with Crippen LogP contribution in [0.1, 0.15) is 36.6 Å². The Morgan fingerprint density at radius 1 is 0.973 bits per heavy atom. The standard InChI is InChI=1S/C29H26N2O6/c1-17(2)37-21-14-10-19(11-15-21)26(32)24-25(22-6-5-7-23(35-3)28(22)36-4)31(29(34)27(24)33)20-12-8-18(16-30)9-13-20/h5-15,17,25,32H,1-4H3/b26-24-. The number of methoxy groups -OCH3 is 2. The molecule has 1 aliphatic heterocycles. The molecule has 1 fully saturated rings. The minimum atomic E-state index is -1.02. The predicted octanol–water partition coefficient (Wildman–Crippen LogP) is 4.99. The summed E-state index contributed by atoms with van der Waals surface area (Å²) < 4.78 is 16.7. The number of nitriles is 1. The number of hydrogen-bond donors (Lipinski definition) is 1. The topological polar surface area (TPSA) is 109 Å². The van der Waals surface area contributed by atoms with Gasteiger partial charge in [0.1, 0.15) is 11.5 Å². The van der Waals surface area contributed by atoms with Gasteiger partial charge in [-0.1, -0.05) is 12.1 Å². The number of Topliss-reactive ketones (excluding diaryl/α,β-unsaturated/α-hetero) is 1. The molecule has 4 rings (SSSR count). The number of benzene rings is 3. The Morgan fingerprint density at radius 3 is 2.22 bits per heavy atom. The van der Waals surface area contributed by atoms with E-state index < -0.39 is 17.7 Å². The molecule has 1 aliphatic rings. The fraction of sp³-hybridized carbons (Fsp3) is 0.207. The third-order valence-corrected chi connectivity index (χ3v) is 5.95. The second-order valence-electron chi connectivity index (χ2n) is 8.60. The molecule has 0 aromatic heterocycles. The summed E-state index contributed by atoms with van der Waals surface area (Å²) >= 11 is 0. The maximum Gasteiger partial charge on any atom is 0.300 e. The number of ketones is 1. The maximum atomic E-state index is 13.4. The number of amides is 1. The lowest BCUT2D eigenvalue weighted by molar-refractivity contribution is -0.132. The number of aliphatic hydroxyl groups excluding tert-OH is 1. The lowest BCUT2D eigenvalue weighted by atomic mass is 9.94. The van der Waals surface area contributed by atoms with Crippen molar-refractivity contribution in [3.63, 3.8) is 0 Å². The van der Waals surface area contributed by atoms with Crippen LogP contribution < -0.4 is 19.1 Å². The second kappa shape index (κ2) is 10.5. The van der Waals surface area contributed by atoms with Gasteiger partial charge < -0.3 is 19.3 Å². The molecule has 37 heavy (non-hydrogen) atoms. The van der Waals surface area contributed by atoms with Crippen molar-refractivity contribution in [2.75, 3.05) is 19.1 Å². The summed E-state index contributed by atoms with van der Waals surface area (Å²) in [5.74, 6) is -0.668. The summed E-state index contributed by atoms with van der Waals surface area (Å²) in [5.41, 5.74) is 1.49. The normalized spacial score (nSPS) is 16.5. The van der Waals surface area contributed by atoms with Gasteiger partial charge in [-0.3, -0.25) is 14.5 Å². The third-order valence-electron chi connectivity index (χ3n) is 5.95. The highest BCUT2D eigenvalue weighted by Gasteiger charge is 2.48. The molecular weight excluding hydrogens is 472 g/mol. The quantitative estimate of drug-likeness (QED) is 0.278. The molecule has 188 valence electrons. The van der Waals surface area contributed by atoms with Crippen molar-refractivity contribution in [2.24, 2.45) is 0 Å². The molecule has 1 saturated heterocycles. The highest BCUT2D eigenvalue weighted by atomic mass is 16.5. The fourth-order valence-corrected chi connectivity index (χ4v) is 4.34. The number of rotatable bonds is 7. The Balaban J connectivity index is 1.94. The monoisotopic (exact) mass is 498 g/mol. The lowest BCUT2D eigenvalue weighted by Gasteiger charge is -2.27. The van der Waals surface area contributed by atoms with E-state index in [4.69, 9.17) is 14.2 Å². The van der Waals surface area contributed by atoms with Crippen molar-refractivity contribution in [3.05, 3.63) is 89.0 Å². The summed E-state index contributed by atoms with van der Waals surface area (Å²) in [6.07, 6.45) is -0.0299. The van der Waals surface area contributed by atoms with E-state index in [0.29, 0.717) is 39.6 Å². The maximum absolute atomic E-state index is 13.4. The van der Waals surface area contributed by atoms with E-state index in [9.17, 15) is 20.0 Å². The number of carbonyl (C=O) groups is 2. The zero-order valence-corrected chi connectivity index (χ0v) is 20.9. The van der Waals surface area contributed by atoms with Crippen LogP contribution in [0.2, 0.25) is 0 Å². The van der Waals surface area contributed by atoms with E-state index in [0.717, 1.165) is 0 Å². The minimum Gasteiger partial charge on any atom is -0.507 e. The number of ether oxygens (including phenoxy) is 3. The first-order valence-corrected chi connectivity index (χ1v) is 11.6. The first-order valence-electron chi connectivity index (χ1n) is 11.6. The van der Waals surface area contributed by atoms with E-state index in [2.05, 4.69) is 0 Å². The second-order valence-corrected chi connectivity index (χ2v) is 8.60. The predicted molar refractivity (Wildman–Crippen MR) is 138 cm³/mol. The van der Waals surface area contributed by atoms with Crippen molar-refractivity contribution < 1.29 is 28.9 Å². The minimum absolute atomic E-state index is 0.0299. The molecule has 3 aromatic carbocycles. The lowest BCUT2D eigenvalue weighted by Crippen LogP contribution is -2.29. The molecule has 0 saturated carbocycles.